The molecule has 4 aliphatic rings. The minimum Gasteiger partial charge on any atom is -0.507 e. The fourth-order valence-electron chi connectivity index (χ4n) is 8.72. The van der Waals surface area contributed by atoms with Gasteiger partial charge >= 0.3 is 18.1 Å². The highest BCUT2D eigenvalue weighted by Crippen LogP contribution is 2.29. The number of carbonyl (C=O) groups is 4. The molecule has 3 fully saturated rings. The fourth-order valence-corrected chi connectivity index (χ4v) is 8.72. The molecule has 12 heteroatoms. The lowest BCUT2D eigenvalue weighted by molar-refractivity contribution is -0.144. The molecule has 3 saturated heterocycles. The summed E-state index contributed by atoms with van der Waals surface area (Å²) in [5, 5.41) is 13.4. The van der Waals surface area contributed by atoms with Gasteiger partial charge in [-0.3, -0.25) is 9.59 Å². The van der Waals surface area contributed by atoms with Gasteiger partial charge in [-0.15, -0.1) is 0 Å². The van der Waals surface area contributed by atoms with Crippen LogP contribution in [0.4, 0.5) is 15.3 Å². The molecule has 4 heterocycles. The Morgan fingerprint density at radius 3 is 2.20 bits per heavy atom. The number of hydrogen-bond acceptors (Lipinski definition) is 8. The second-order valence-electron chi connectivity index (χ2n) is 15.7. The maximum Gasteiger partial charge on any atom is 0.410 e. The van der Waals surface area contributed by atoms with Crippen LogP contribution in [0.5, 0.6) is 5.75 Å². The highest BCUT2D eigenvalue weighted by Gasteiger charge is 2.37. The Morgan fingerprint density at radius 1 is 0.870 bits per heavy atom. The molecule has 4 aliphatic heterocycles. The first-order chi connectivity index (χ1) is 26.1. The minimum absolute atomic E-state index is 0.00479. The summed E-state index contributed by atoms with van der Waals surface area (Å²) < 4.78 is 11.3. The normalized spacial score (nSPS) is 19.8. The molecule has 0 unspecified atom stereocenters. The molecular weight excluding hydrogens is 686 g/mol. The minimum atomic E-state index is -0.996. The molecule has 2 N–H and O–H groups in total. The zero-order valence-corrected chi connectivity index (χ0v) is 32.4. The molecule has 0 radical (unpaired) electrons. The maximum atomic E-state index is 14.2. The summed E-state index contributed by atoms with van der Waals surface area (Å²) in [7, 11) is 0. The third kappa shape index (κ3) is 9.85. The standard InChI is InChI=1S/C42H59N5O7/c1-4-25-53-38(48)10-9-31-11-18-44(19-12-31)34-14-20-45(21-15-34)40(50)37(28-32-26-29(2)39(49)30(3)27-32)54-42(52)46-22-16-35(17-23-46)47-24-13-33-7-5-6-8-36(33)43-41(47)51/h5-8,26-27,31,34-35,37,49H,4,9-25,28H2,1-3H3,(H,43,51)/t37-/m1/s1. The third-order valence-electron chi connectivity index (χ3n) is 12.0. The van der Waals surface area contributed by atoms with Crippen molar-refractivity contribution in [3.63, 3.8) is 0 Å². The summed E-state index contributed by atoms with van der Waals surface area (Å²) in [6, 6.07) is 11.9. The molecule has 294 valence electrons. The zero-order valence-electron chi connectivity index (χ0n) is 32.4. The highest BCUT2D eigenvalue weighted by atomic mass is 16.6. The maximum absolute atomic E-state index is 14.2. The highest BCUT2D eigenvalue weighted by molar-refractivity contribution is 5.91. The first-order valence-corrected chi connectivity index (χ1v) is 20.2. The number of urea groups is 1. The van der Waals surface area contributed by atoms with Crippen molar-refractivity contribution in [1.82, 2.24) is 19.6 Å². The van der Waals surface area contributed by atoms with Crippen LogP contribution in [0.1, 0.15) is 87.0 Å². The van der Waals surface area contributed by atoms with Crippen molar-refractivity contribution in [2.45, 2.75) is 110 Å². The number of carbonyl (C=O) groups excluding carboxylic acids is 4. The summed E-state index contributed by atoms with van der Waals surface area (Å²) in [6.07, 6.45) is 6.82. The number of piperidine rings is 3. The van der Waals surface area contributed by atoms with Crippen molar-refractivity contribution >= 4 is 29.7 Å². The number of esters is 1. The van der Waals surface area contributed by atoms with E-state index in [1.54, 1.807) is 4.90 Å². The number of ether oxygens (including phenoxy) is 2. The Bertz CT molecular complexity index is 1600. The summed E-state index contributed by atoms with van der Waals surface area (Å²) in [4.78, 5) is 60.9. The van der Waals surface area contributed by atoms with E-state index in [-0.39, 0.29) is 36.1 Å². The van der Waals surface area contributed by atoms with Crippen LogP contribution in [0.3, 0.4) is 0 Å². The number of aromatic hydroxyl groups is 1. The molecule has 2 aromatic carbocycles. The van der Waals surface area contributed by atoms with Gasteiger partial charge in [0.25, 0.3) is 5.91 Å². The Labute approximate surface area is 320 Å². The molecule has 12 nitrogen and oxygen atoms in total. The molecule has 0 aromatic heterocycles. The monoisotopic (exact) mass is 745 g/mol. The molecule has 0 spiro atoms. The van der Waals surface area contributed by atoms with Crippen molar-refractivity contribution in [3.05, 3.63) is 58.7 Å². The van der Waals surface area contributed by atoms with Gasteiger partial charge in [-0.1, -0.05) is 37.3 Å². The SMILES string of the molecule is CCCOC(=O)CCC1CCN(C2CCN(C(=O)[C@@H](Cc3cc(C)c(O)c(C)c3)OC(=O)N3CCC(N4CCc5ccccc5NC4=O)CC3)CC2)CC1. The molecule has 0 bridgehead atoms. The van der Waals surface area contributed by atoms with Gasteiger partial charge in [-0.2, -0.15) is 0 Å². The molecule has 1 atom stereocenters. The van der Waals surface area contributed by atoms with Crippen molar-refractivity contribution in [3.8, 4) is 5.75 Å². The number of phenols is 1. The van der Waals surface area contributed by atoms with Gasteiger partial charge < -0.3 is 39.5 Å². The Hall–Kier alpha value is -4.32. The van der Waals surface area contributed by atoms with Gasteiger partial charge in [0.15, 0.2) is 6.10 Å². The Kier molecular flexibility index (Phi) is 13.4. The number of benzene rings is 2. The number of para-hydroxylation sites is 1. The molecule has 0 saturated carbocycles. The van der Waals surface area contributed by atoms with Crippen LogP contribution in [-0.4, -0.2) is 119 Å². The summed E-state index contributed by atoms with van der Waals surface area (Å²) >= 11 is 0. The third-order valence-corrected chi connectivity index (χ3v) is 12.0. The Morgan fingerprint density at radius 2 is 1.52 bits per heavy atom. The number of phenolic OH excluding ortho intramolecular Hbond substituents is 1. The van der Waals surface area contributed by atoms with Crippen molar-refractivity contribution in [1.29, 1.82) is 0 Å². The molecule has 4 amide bonds. The van der Waals surface area contributed by atoms with E-state index in [1.807, 2.05) is 67.0 Å². The number of aryl methyl sites for hydroxylation is 2. The Balaban J connectivity index is 1.02. The van der Waals surface area contributed by atoms with Crippen molar-refractivity contribution in [2.75, 3.05) is 57.7 Å². The zero-order chi connectivity index (χ0) is 38.2. The molecule has 0 aliphatic carbocycles. The molecule has 2 aromatic rings. The van der Waals surface area contributed by atoms with Gasteiger partial charge in [0.05, 0.1) is 6.61 Å². The number of nitrogens with one attached hydrogen (secondary N) is 1. The predicted octanol–water partition coefficient (Wildman–Crippen LogP) is 6.05. The first-order valence-electron chi connectivity index (χ1n) is 20.2. The number of nitrogens with zero attached hydrogens (tertiary/aromatic N) is 4. The number of likely N-dealkylation sites (tertiary alicyclic amines) is 3. The number of rotatable bonds is 11. The van der Waals surface area contributed by atoms with Crippen LogP contribution < -0.4 is 5.32 Å². The summed E-state index contributed by atoms with van der Waals surface area (Å²) in [5.41, 5.74) is 4.23. The second kappa shape index (κ2) is 18.3. The lowest BCUT2D eigenvalue weighted by Gasteiger charge is -2.42. The topological polar surface area (TPSA) is 132 Å². The quantitative estimate of drug-likeness (QED) is 0.266. The lowest BCUT2D eigenvalue weighted by Crippen LogP contribution is -2.53. The predicted molar refractivity (Wildman–Crippen MR) is 206 cm³/mol. The first kappa shape index (κ1) is 39.4. The van der Waals surface area contributed by atoms with Crippen LogP contribution in [0, 0.1) is 19.8 Å². The van der Waals surface area contributed by atoms with Crippen LogP contribution in [0.2, 0.25) is 0 Å². The van der Waals surface area contributed by atoms with Gasteiger partial charge in [0.2, 0.25) is 0 Å². The van der Waals surface area contributed by atoms with Crippen LogP contribution >= 0.6 is 0 Å². The van der Waals surface area contributed by atoms with Crippen molar-refractivity contribution < 1.29 is 33.8 Å². The summed E-state index contributed by atoms with van der Waals surface area (Å²) in [6.45, 7) is 10.8. The van der Waals surface area contributed by atoms with Gasteiger partial charge in [0.1, 0.15) is 5.75 Å². The largest absolute Gasteiger partial charge is 0.507 e. The number of amides is 4. The van der Waals surface area contributed by atoms with E-state index in [4.69, 9.17) is 9.47 Å². The lowest BCUT2D eigenvalue weighted by atomic mass is 9.90. The van der Waals surface area contributed by atoms with Crippen LogP contribution in [0.15, 0.2) is 36.4 Å². The van der Waals surface area contributed by atoms with Gasteiger partial charge in [-0.25, -0.2) is 9.59 Å². The van der Waals surface area contributed by atoms with Crippen molar-refractivity contribution in [2.24, 2.45) is 5.92 Å². The van der Waals surface area contributed by atoms with Crippen LogP contribution in [-0.2, 0) is 31.9 Å². The fraction of sp³-hybridized carbons (Fsp3) is 0.619. The number of anilines is 1. The van der Waals surface area contributed by atoms with Gasteiger partial charge in [0, 0.05) is 63.3 Å². The number of hydrogen-bond donors (Lipinski definition) is 2. The van der Waals surface area contributed by atoms with E-state index in [9.17, 15) is 24.3 Å². The number of fused-ring (bicyclic) bond motifs is 1. The average molecular weight is 746 g/mol. The van der Waals surface area contributed by atoms with Crippen LogP contribution in [0.25, 0.3) is 0 Å². The van der Waals surface area contributed by atoms with Gasteiger partial charge in [-0.05, 0) is 119 Å². The van der Waals surface area contributed by atoms with E-state index in [2.05, 4.69) is 10.2 Å². The second-order valence-corrected chi connectivity index (χ2v) is 15.7. The molecule has 54 heavy (non-hydrogen) atoms. The van der Waals surface area contributed by atoms with E-state index in [0.717, 1.165) is 74.8 Å². The van der Waals surface area contributed by atoms with E-state index >= 15 is 0 Å². The molecular formula is C42H59N5O7. The average Bonchev–Trinajstić information content (AvgIpc) is 3.36. The smallest absolute Gasteiger partial charge is 0.410 e. The van der Waals surface area contributed by atoms with E-state index in [1.165, 1.54) is 0 Å². The molecule has 6 rings (SSSR count). The van der Waals surface area contributed by atoms with E-state index < -0.39 is 12.2 Å². The van der Waals surface area contributed by atoms with E-state index in [0.29, 0.717) is 81.7 Å². The summed E-state index contributed by atoms with van der Waals surface area (Å²) in [5.74, 6) is 0.488.